The number of carbonyl (C=O) groups is 1. The maximum atomic E-state index is 13.6. The fourth-order valence-corrected chi connectivity index (χ4v) is 5.33. The molecule has 0 aliphatic carbocycles. The van der Waals surface area contributed by atoms with Crippen LogP contribution in [0.2, 0.25) is 0 Å². The fraction of sp³-hybridized carbons (Fsp3) is 0.143. The molecule has 3 heterocycles. The number of thiocarbonyl (C=S) groups is 1. The Morgan fingerprint density at radius 1 is 1.05 bits per heavy atom. The van der Waals surface area contributed by atoms with E-state index in [0.29, 0.717) is 27.2 Å². The normalized spacial score (nSPS) is 15.5. The number of nitrogens with one attached hydrogen (secondary N) is 1. The molecule has 9 heteroatoms. The second-order valence-electron chi connectivity index (χ2n) is 8.62. The number of aryl methyl sites for hydroxylation is 1. The summed E-state index contributed by atoms with van der Waals surface area (Å²) in [6.45, 7) is 2.36. The minimum atomic E-state index is -0.810. The van der Waals surface area contributed by atoms with Crippen LogP contribution in [0.1, 0.15) is 28.4 Å². The zero-order chi connectivity index (χ0) is 25.9. The second kappa shape index (κ2) is 10.7. The smallest absolute Gasteiger partial charge is 0.267 e. The first-order chi connectivity index (χ1) is 17.9. The van der Waals surface area contributed by atoms with Gasteiger partial charge in [0.1, 0.15) is 15.8 Å². The first-order valence-electron chi connectivity index (χ1n) is 11.7. The molecular weight excluding hydrogens is 504 g/mol. The first-order valence-corrected chi connectivity index (χ1v) is 12.9. The number of aromatic nitrogens is 2. The quantitative estimate of drug-likeness (QED) is 0.269. The van der Waals surface area contributed by atoms with E-state index in [2.05, 4.69) is 5.32 Å². The summed E-state index contributed by atoms with van der Waals surface area (Å²) in [6.07, 6.45) is 2.39. The van der Waals surface area contributed by atoms with Gasteiger partial charge in [0.15, 0.2) is 0 Å². The highest BCUT2D eigenvalue weighted by Gasteiger charge is 2.32. The molecule has 2 aromatic carbocycles. The minimum absolute atomic E-state index is 0.133. The average molecular weight is 529 g/mol. The van der Waals surface area contributed by atoms with Gasteiger partial charge in [0.2, 0.25) is 0 Å². The number of carbonyl (C=O) groups excluding carboxylic acids is 1. The van der Waals surface area contributed by atoms with E-state index in [1.165, 1.54) is 9.30 Å². The standard InChI is InChI=1S/C28H24N4O3S2/c1-18-9-8-14-31-25(18)30-24(29-16-22(33)20-12-6-3-7-13-20)21(26(31)34)15-23-27(35)32(28(36)37-23)17-19-10-4-2-5-11-19/h2-15,22,29,33H,16-17H2,1H3/b23-15+/t22-/m0/s1. The molecule has 0 saturated carbocycles. The molecule has 1 saturated heterocycles. The Bertz CT molecular complexity index is 1570. The van der Waals surface area contributed by atoms with Crippen LogP contribution < -0.4 is 10.9 Å². The molecule has 1 amide bonds. The number of rotatable bonds is 7. The van der Waals surface area contributed by atoms with E-state index in [0.717, 1.165) is 28.5 Å². The van der Waals surface area contributed by atoms with Crippen molar-refractivity contribution in [3.63, 3.8) is 0 Å². The van der Waals surface area contributed by atoms with Crippen molar-refractivity contribution in [3.05, 3.63) is 117 Å². The Labute approximate surface area is 223 Å². The van der Waals surface area contributed by atoms with Crippen molar-refractivity contribution in [1.82, 2.24) is 14.3 Å². The highest BCUT2D eigenvalue weighted by atomic mass is 32.2. The Morgan fingerprint density at radius 2 is 1.76 bits per heavy atom. The Kier molecular flexibility index (Phi) is 7.18. The summed E-state index contributed by atoms with van der Waals surface area (Å²) in [5, 5.41) is 13.8. The van der Waals surface area contributed by atoms with Crippen LogP contribution in [-0.2, 0) is 11.3 Å². The molecule has 186 valence electrons. The zero-order valence-electron chi connectivity index (χ0n) is 20.0. The molecule has 1 fully saturated rings. The molecule has 1 atom stereocenters. The minimum Gasteiger partial charge on any atom is -0.387 e. The number of amides is 1. The highest BCUT2D eigenvalue weighted by Crippen LogP contribution is 2.34. The van der Waals surface area contributed by atoms with Crippen molar-refractivity contribution in [2.75, 3.05) is 11.9 Å². The van der Waals surface area contributed by atoms with Crippen LogP contribution in [0.15, 0.2) is 88.7 Å². The molecule has 1 aliphatic rings. The lowest BCUT2D eigenvalue weighted by Gasteiger charge is -2.16. The second-order valence-corrected chi connectivity index (χ2v) is 10.3. The number of aliphatic hydroxyl groups excluding tert-OH is 1. The Morgan fingerprint density at radius 3 is 2.49 bits per heavy atom. The SMILES string of the molecule is Cc1cccn2c(=O)c(/C=C3/SC(=S)N(Cc4ccccc4)C3=O)c(NC[C@H](O)c3ccccc3)nc12. The van der Waals surface area contributed by atoms with Crippen LogP contribution in [0.4, 0.5) is 5.82 Å². The first kappa shape index (κ1) is 24.9. The van der Waals surface area contributed by atoms with Gasteiger partial charge in [-0.25, -0.2) is 4.98 Å². The molecule has 0 spiro atoms. The predicted octanol–water partition coefficient (Wildman–Crippen LogP) is 4.55. The van der Waals surface area contributed by atoms with E-state index in [4.69, 9.17) is 17.2 Å². The lowest BCUT2D eigenvalue weighted by molar-refractivity contribution is -0.122. The van der Waals surface area contributed by atoms with Crippen molar-refractivity contribution < 1.29 is 9.90 Å². The number of hydrogen-bond acceptors (Lipinski definition) is 7. The molecule has 37 heavy (non-hydrogen) atoms. The van der Waals surface area contributed by atoms with Crippen molar-refractivity contribution in [2.24, 2.45) is 0 Å². The zero-order valence-corrected chi connectivity index (χ0v) is 21.6. The number of thioether (sulfide) groups is 1. The van der Waals surface area contributed by atoms with E-state index in [1.807, 2.05) is 73.7 Å². The molecular formula is C28H24N4O3S2. The van der Waals surface area contributed by atoms with Gasteiger partial charge in [-0.1, -0.05) is 90.7 Å². The number of anilines is 1. The predicted molar refractivity (Wildman–Crippen MR) is 151 cm³/mol. The molecule has 0 radical (unpaired) electrons. The van der Waals surface area contributed by atoms with E-state index >= 15 is 0 Å². The van der Waals surface area contributed by atoms with E-state index in [-0.39, 0.29) is 23.6 Å². The van der Waals surface area contributed by atoms with Gasteiger partial charge in [-0.15, -0.1) is 0 Å². The van der Waals surface area contributed by atoms with Gasteiger partial charge < -0.3 is 10.4 Å². The Hall–Kier alpha value is -3.79. The van der Waals surface area contributed by atoms with Crippen LogP contribution in [0.25, 0.3) is 11.7 Å². The van der Waals surface area contributed by atoms with Gasteiger partial charge in [-0.3, -0.25) is 18.9 Å². The van der Waals surface area contributed by atoms with Crippen LogP contribution >= 0.6 is 24.0 Å². The Balaban J connectivity index is 1.51. The third-order valence-corrected chi connectivity index (χ3v) is 7.44. The van der Waals surface area contributed by atoms with Crippen molar-refractivity contribution in [2.45, 2.75) is 19.6 Å². The molecule has 2 aromatic heterocycles. The largest absolute Gasteiger partial charge is 0.387 e. The summed E-state index contributed by atoms with van der Waals surface area (Å²) in [5.74, 6) is 0.0328. The summed E-state index contributed by atoms with van der Waals surface area (Å²) >= 11 is 6.65. The fourth-order valence-electron chi connectivity index (χ4n) is 4.10. The molecule has 1 aliphatic heterocycles. The summed E-state index contributed by atoms with van der Waals surface area (Å²) < 4.78 is 1.89. The van der Waals surface area contributed by atoms with Gasteiger partial charge in [0.25, 0.3) is 11.5 Å². The maximum absolute atomic E-state index is 13.6. The topological polar surface area (TPSA) is 86.9 Å². The van der Waals surface area contributed by atoms with Crippen LogP contribution in [-0.4, -0.2) is 36.2 Å². The van der Waals surface area contributed by atoms with Gasteiger partial charge >= 0.3 is 0 Å². The van der Waals surface area contributed by atoms with Crippen molar-refractivity contribution in [1.29, 1.82) is 0 Å². The van der Waals surface area contributed by atoms with Crippen LogP contribution in [0.5, 0.6) is 0 Å². The van der Waals surface area contributed by atoms with E-state index < -0.39 is 6.10 Å². The van der Waals surface area contributed by atoms with E-state index in [9.17, 15) is 14.7 Å². The van der Waals surface area contributed by atoms with Gasteiger partial charge in [-0.05, 0) is 35.8 Å². The number of pyridine rings is 1. The average Bonchev–Trinajstić information content (AvgIpc) is 3.18. The van der Waals surface area contributed by atoms with E-state index in [1.54, 1.807) is 18.3 Å². The molecule has 2 N–H and O–H groups in total. The maximum Gasteiger partial charge on any atom is 0.267 e. The lowest BCUT2D eigenvalue weighted by Crippen LogP contribution is -2.27. The van der Waals surface area contributed by atoms with Crippen LogP contribution in [0.3, 0.4) is 0 Å². The van der Waals surface area contributed by atoms with Gasteiger partial charge in [0.05, 0.1) is 23.1 Å². The van der Waals surface area contributed by atoms with Gasteiger partial charge in [-0.2, -0.15) is 0 Å². The van der Waals surface area contributed by atoms with Crippen molar-refractivity contribution >= 4 is 51.7 Å². The molecule has 7 nitrogen and oxygen atoms in total. The summed E-state index contributed by atoms with van der Waals surface area (Å²) in [4.78, 5) is 33.4. The summed E-state index contributed by atoms with van der Waals surface area (Å²) in [6, 6.07) is 22.5. The molecule has 0 unspecified atom stereocenters. The third-order valence-electron chi connectivity index (χ3n) is 6.06. The lowest BCUT2D eigenvalue weighted by atomic mass is 10.1. The molecule has 5 rings (SSSR count). The molecule has 4 aromatic rings. The number of benzene rings is 2. The number of aliphatic hydroxyl groups is 1. The number of nitrogens with zero attached hydrogens (tertiary/aromatic N) is 3. The third kappa shape index (κ3) is 5.20. The van der Waals surface area contributed by atoms with Crippen LogP contribution in [0, 0.1) is 6.92 Å². The highest BCUT2D eigenvalue weighted by molar-refractivity contribution is 8.26. The number of hydrogen-bond donors (Lipinski definition) is 2. The molecule has 0 bridgehead atoms. The monoisotopic (exact) mass is 528 g/mol. The summed E-state index contributed by atoms with van der Waals surface area (Å²) in [7, 11) is 0. The van der Waals surface area contributed by atoms with Gasteiger partial charge in [0, 0.05) is 12.7 Å². The number of fused-ring (bicyclic) bond motifs is 1. The summed E-state index contributed by atoms with van der Waals surface area (Å²) in [5.41, 5.74) is 2.93. The van der Waals surface area contributed by atoms with Crippen molar-refractivity contribution in [3.8, 4) is 0 Å².